The average Bonchev–Trinajstić information content (AvgIpc) is 2.72. The Hall–Kier alpha value is 0.120. The molecule has 0 heterocycles. The fraction of sp³-hybridized carbons (Fsp3) is 0.545. The minimum Gasteiger partial charge on any atom is -0.397 e. The summed E-state index contributed by atoms with van der Waals surface area (Å²) in [7, 11) is -5.48. The summed E-state index contributed by atoms with van der Waals surface area (Å²) >= 11 is 0. The summed E-state index contributed by atoms with van der Waals surface area (Å²) < 4.78 is 35.3. The summed E-state index contributed by atoms with van der Waals surface area (Å²) in [5, 5.41) is 22.3. The third-order valence-corrected chi connectivity index (χ3v) is 1.98. The van der Waals surface area contributed by atoms with Gasteiger partial charge in [-0.3, -0.25) is 0 Å². The van der Waals surface area contributed by atoms with E-state index in [0.29, 0.717) is 0 Å². The van der Waals surface area contributed by atoms with Crippen molar-refractivity contribution in [3.8, 4) is 0 Å². The predicted octanol–water partition coefficient (Wildman–Crippen LogP) is 1.45. The second-order valence-corrected chi connectivity index (χ2v) is 4.19. The molecule has 0 aliphatic carbocycles. The average molecular weight is 379 g/mol. The number of rotatable bonds is 1. The van der Waals surface area contributed by atoms with E-state index < -0.39 is 14.3 Å². The van der Waals surface area contributed by atoms with Crippen LogP contribution in [0.5, 0.6) is 0 Å². The molecule has 0 spiro atoms. The summed E-state index contributed by atoms with van der Waals surface area (Å²) in [5.41, 5.74) is 0. The Morgan fingerprint density at radius 3 is 1.16 bits per heavy atom. The number of hydrogen-bond donors (Lipinski definition) is 3. The fourth-order valence-corrected chi connectivity index (χ4v) is 1.13. The molecule has 0 unspecified atom stereocenters. The third kappa shape index (κ3) is 27.4. The van der Waals surface area contributed by atoms with Crippen LogP contribution in [0.4, 0.5) is 12.3 Å². The molecule has 1 rings (SSSR count). The first-order valence-corrected chi connectivity index (χ1v) is 7.10. The van der Waals surface area contributed by atoms with Crippen LogP contribution in [0.3, 0.4) is 0 Å². The number of aliphatic hydroxyl groups is 3. The van der Waals surface area contributed by atoms with Crippen molar-refractivity contribution in [1.82, 2.24) is 0 Å². The molecule has 0 bridgehead atoms. The van der Waals surface area contributed by atoms with Gasteiger partial charge in [0.15, 0.2) is 0 Å². The van der Waals surface area contributed by atoms with E-state index >= 15 is 0 Å². The van der Waals surface area contributed by atoms with E-state index in [1.54, 1.807) is 20.8 Å². The molecule has 0 saturated heterocycles. The molecule has 0 aromatic heterocycles. The smallest absolute Gasteiger partial charge is 0.397 e. The maximum absolute atomic E-state index is 11.8. The van der Waals surface area contributed by atoms with Crippen LogP contribution in [0.25, 0.3) is 0 Å². The quantitative estimate of drug-likeness (QED) is 0.394. The van der Waals surface area contributed by atoms with E-state index in [4.69, 9.17) is 15.3 Å². The van der Waals surface area contributed by atoms with Gasteiger partial charge in [0.25, 0.3) is 0 Å². The zero-order valence-corrected chi connectivity index (χ0v) is 14.9. The van der Waals surface area contributed by atoms with Gasteiger partial charge in [-0.2, -0.15) is 12.1 Å². The molecular formula is C11H22F3O3SiZr-. The van der Waals surface area contributed by atoms with Crippen molar-refractivity contribution >= 4 is 14.3 Å². The largest absolute Gasteiger partial charge is 0.584 e. The molecule has 0 atom stereocenters. The maximum atomic E-state index is 11.8. The van der Waals surface area contributed by atoms with Gasteiger partial charge in [-0.15, -0.1) is 0 Å². The molecule has 1 aromatic carbocycles. The van der Waals surface area contributed by atoms with Crippen molar-refractivity contribution in [2.75, 3.05) is 19.8 Å². The first kappa shape index (κ1) is 27.5. The van der Waals surface area contributed by atoms with Crippen molar-refractivity contribution in [3.05, 3.63) is 24.3 Å². The maximum Gasteiger partial charge on any atom is 0.584 e. The topological polar surface area (TPSA) is 60.7 Å². The Kier molecular flexibility index (Phi) is 29.5. The SMILES string of the molecule is CCO.CCO.CCO.F[Si](F)(F)[c-]1cccc1.[Zr]. The molecule has 8 heteroatoms. The molecule has 3 nitrogen and oxygen atoms in total. The monoisotopic (exact) mass is 377 g/mol. The van der Waals surface area contributed by atoms with E-state index in [9.17, 15) is 12.3 Å². The molecule has 114 valence electrons. The van der Waals surface area contributed by atoms with E-state index in [2.05, 4.69) is 0 Å². The summed E-state index contributed by atoms with van der Waals surface area (Å²) in [4.78, 5) is 0. The molecular weight excluding hydrogens is 356 g/mol. The van der Waals surface area contributed by atoms with Crippen molar-refractivity contribution < 1.29 is 53.8 Å². The van der Waals surface area contributed by atoms with E-state index in [1.165, 1.54) is 12.1 Å². The molecule has 0 amide bonds. The van der Waals surface area contributed by atoms with Crippen LogP contribution in [0, 0.1) is 0 Å². The van der Waals surface area contributed by atoms with Gasteiger partial charge in [-0.05, 0) is 20.8 Å². The van der Waals surface area contributed by atoms with Crippen molar-refractivity contribution in [2.24, 2.45) is 0 Å². The molecule has 19 heavy (non-hydrogen) atoms. The molecule has 3 N–H and O–H groups in total. The summed E-state index contributed by atoms with van der Waals surface area (Å²) in [6.45, 7) is 5.79. The first-order valence-electron chi connectivity index (χ1n) is 5.46. The number of halogens is 3. The van der Waals surface area contributed by atoms with Gasteiger partial charge in [0.1, 0.15) is 0 Å². The standard InChI is InChI=1S/C5H4F3Si.3C2H6O.Zr/c6-9(7,8)5-3-1-2-4-5;3*1-2-3;/h1-4H;3*3H,2H2,1H3;/q-1;;;;. The van der Waals surface area contributed by atoms with Gasteiger partial charge in [0, 0.05) is 46.0 Å². The number of hydrogen-bond acceptors (Lipinski definition) is 3. The molecule has 0 saturated carbocycles. The molecule has 0 radical (unpaired) electrons. The van der Waals surface area contributed by atoms with Crippen LogP contribution >= 0.6 is 0 Å². The zero-order chi connectivity index (χ0) is 15.0. The molecule has 1 aromatic rings. The van der Waals surface area contributed by atoms with Crippen LogP contribution in [0.1, 0.15) is 20.8 Å². The van der Waals surface area contributed by atoms with Gasteiger partial charge in [-0.1, -0.05) is 5.19 Å². The van der Waals surface area contributed by atoms with Crippen LogP contribution < -0.4 is 5.19 Å². The summed E-state index contributed by atoms with van der Waals surface area (Å²) in [6.07, 6.45) is 0. The second-order valence-electron chi connectivity index (χ2n) is 2.62. The minimum atomic E-state index is -5.48. The van der Waals surface area contributed by atoms with Gasteiger partial charge < -0.3 is 15.3 Å². The van der Waals surface area contributed by atoms with E-state index in [-0.39, 0.29) is 46.0 Å². The van der Waals surface area contributed by atoms with Gasteiger partial charge in [-0.25, -0.2) is 24.5 Å². The first-order chi connectivity index (χ1) is 8.35. The van der Waals surface area contributed by atoms with Crippen LogP contribution in [0.2, 0.25) is 0 Å². The summed E-state index contributed by atoms with van der Waals surface area (Å²) in [5.74, 6) is 0. The van der Waals surface area contributed by atoms with Crippen molar-refractivity contribution in [3.63, 3.8) is 0 Å². The van der Waals surface area contributed by atoms with Crippen molar-refractivity contribution in [1.29, 1.82) is 0 Å². The Bertz CT molecular complexity index is 227. The Balaban J connectivity index is -0.0000000956. The fourth-order valence-electron chi connectivity index (χ4n) is 0.563. The molecule has 0 fully saturated rings. The van der Waals surface area contributed by atoms with E-state index in [0.717, 1.165) is 12.1 Å². The second kappa shape index (κ2) is 20.4. The van der Waals surface area contributed by atoms with E-state index in [1.807, 2.05) is 0 Å². The van der Waals surface area contributed by atoms with Crippen LogP contribution in [-0.2, 0) is 26.2 Å². The third-order valence-electron chi connectivity index (χ3n) is 0.990. The van der Waals surface area contributed by atoms with Gasteiger partial charge in [0.05, 0.1) is 0 Å². The Labute approximate surface area is 133 Å². The van der Waals surface area contributed by atoms with Gasteiger partial charge >= 0.3 is 9.08 Å². The van der Waals surface area contributed by atoms with Crippen LogP contribution in [-0.4, -0.2) is 44.2 Å². The normalized spacial score (nSPS) is 8.47. The molecule has 0 aliphatic rings. The Morgan fingerprint density at radius 1 is 0.842 bits per heavy atom. The van der Waals surface area contributed by atoms with Crippen molar-refractivity contribution in [2.45, 2.75) is 20.8 Å². The Morgan fingerprint density at radius 2 is 1.05 bits per heavy atom. The van der Waals surface area contributed by atoms with Crippen LogP contribution in [0.15, 0.2) is 24.3 Å². The van der Waals surface area contributed by atoms with Gasteiger partial charge in [0.2, 0.25) is 0 Å². The predicted molar refractivity (Wildman–Crippen MR) is 69.0 cm³/mol. The molecule has 0 aliphatic heterocycles. The number of aliphatic hydroxyl groups excluding tert-OH is 3. The summed E-state index contributed by atoms with van der Waals surface area (Å²) in [6, 6.07) is 5.00. The minimum absolute atomic E-state index is 0. The zero-order valence-electron chi connectivity index (χ0n) is 11.4.